The predicted octanol–water partition coefficient (Wildman–Crippen LogP) is 6.60. The molecule has 0 spiro atoms. The molecule has 0 saturated carbocycles. The first-order chi connectivity index (χ1) is 23.2. The van der Waals surface area contributed by atoms with Crippen LogP contribution in [-0.2, 0) is 31.5 Å². The van der Waals surface area contributed by atoms with Gasteiger partial charge in [-0.2, -0.15) is 26.3 Å². The van der Waals surface area contributed by atoms with Crippen molar-refractivity contribution in [1.29, 1.82) is 0 Å². The standard InChI is InChI=1S/C34H52F6N4O5/c1-2-3-4-5-6-7-8-9-10-20-29(46)43-27(19-12-14-22-42)31(47)44-26(18-11-13-21-41)28(45)23-49-32(48)30-24(33(35,36)37)16-15-17-25(30)34(38,39)40/h15-17,26-27H,2-14,18-23,41-42H2,1H3,(H,43,46)(H,44,47)/t26-,27-/m0/s1. The highest BCUT2D eigenvalue weighted by Gasteiger charge is 2.43. The summed E-state index contributed by atoms with van der Waals surface area (Å²) in [5.41, 5.74) is 5.60. The van der Waals surface area contributed by atoms with Crippen molar-refractivity contribution >= 4 is 23.6 Å². The second-order valence-electron chi connectivity index (χ2n) is 12.1. The fourth-order valence-electron chi connectivity index (χ4n) is 5.26. The maximum Gasteiger partial charge on any atom is 0.417 e. The highest BCUT2D eigenvalue weighted by molar-refractivity contribution is 5.97. The summed E-state index contributed by atoms with van der Waals surface area (Å²) in [7, 11) is 0. The molecular weight excluding hydrogens is 658 g/mol. The lowest BCUT2D eigenvalue weighted by Gasteiger charge is -2.23. The summed E-state index contributed by atoms with van der Waals surface area (Å²) in [5, 5.41) is 5.22. The fraction of sp³-hybridized carbons (Fsp3) is 0.706. The molecule has 0 bridgehead atoms. The third-order valence-electron chi connectivity index (χ3n) is 7.98. The van der Waals surface area contributed by atoms with Crippen LogP contribution in [0.4, 0.5) is 26.3 Å². The second kappa shape index (κ2) is 23.2. The monoisotopic (exact) mass is 710 g/mol. The van der Waals surface area contributed by atoms with Crippen molar-refractivity contribution in [3.63, 3.8) is 0 Å². The molecule has 15 heteroatoms. The molecule has 1 rings (SSSR count). The molecule has 0 fully saturated rings. The number of esters is 1. The molecule has 0 unspecified atom stereocenters. The van der Waals surface area contributed by atoms with E-state index in [0.29, 0.717) is 56.8 Å². The minimum absolute atomic E-state index is 0.00578. The molecule has 49 heavy (non-hydrogen) atoms. The first-order valence-corrected chi connectivity index (χ1v) is 17.1. The van der Waals surface area contributed by atoms with Gasteiger partial charge in [-0.15, -0.1) is 0 Å². The molecule has 9 nitrogen and oxygen atoms in total. The molecule has 2 atom stereocenters. The lowest BCUT2D eigenvalue weighted by molar-refractivity contribution is -0.144. The van der Waals surface area contributed by atoms with E-state index in [1.165, 1.54) is 25.7 Å². The number of hydrogen-bond donors (Lipinski definition) is 4. The first kappa shape index (κ1) is 43.8. The molecule has 0 aliphatic rings. The molecule has 0 aliphatic heterocycles. The van der Waals surface area contributed by atoms with Crippen molar-refractivity contribution in [1.82, 2.24) is 10.6 Å². The number of ether oxygens (including phenoxy) is 1. The summed E-state index contributed by atoms with van der Waals surface area (Å²) < 4.78 is 85.8. The van der Waals surface area contributed by atoms with Crippen molar-refractivity contribution in [3.05, 3.63) is 34.9 Å². The zero-order valence-electron chi connectivity index (χ0n) is 28.3. The number of carbonyl (C=O) groups excluding carboxylic acids is 4. The van der Waals surface area contributed by atoms with Gasteiger partial charge in [0.2, 0.25) is 11.8 Å². The number of halogens is 6. The van der Waals surface area contributed by atoms with Gasteiger partial charge < -0.3 is 26.8 Å². The Labute approximate surface area is 284 Å². The highest BCUT2D eigenvalue weighted by Crippen LogP contribution is 2.39. The van der Waals surface area contributed by atoms with E-state index < -0.39 is 65.4 Å². The molecule has 0 radical (unpaired) electrons. The molecule has 0 saturated heterocycles. The summed E-state index contributed by atoms with van der Waals surface area (Å²) in [4.78, 5) is 51.8. The van der Waals surface area contributed by atoms with Gasteiger partial charge in [0, 0.05) is 6.42 Å². The van der Waals surface area contributed by atoms with Gasteiger partial charge >= 0.3 is 18.3 Å². The lowest BCUT2D eigenvalue weighted by atomic mass is 10.00. The molecule has 2 amide bonds. The Morgan fingerprint density at radius 3 is 1.67 bits per heavy atom. The van der Waals surface area contributed by atoms with Crippen LogP contribution in [0.3, 0.4) is 0 Å². The van der Waals surface area contributed by atoms with E-state index in [4.69, 9.17) is 11.5 Å². The Balaban J connectivity index is 2.96. The number of ketones is 1. The van der Waals surface area contributed by atoms with Crippen LogP contribution in [0.25, 0.3) is 0 Å². The normalized spacial score (nSPS) is 13.1. The van der Waals surface area contributed by atoms with Gasteiger partial charge in [-0.05, 0) is 70.2 Å². The van der Waals surface area contributed by atoms with Gasteiger partial charge in [0.25, 0.3) is 0 Å². The van der Waals surface area contributed by atoms with Crippen LogP contribution in [0.2, 0.25) is 0 Å². The SMILES string of the molecule is CCCCCCCCCCCC(=O)N[C@@H](CCCCN)C(=O)N[C@@H](CCCCN)C(=O)COC(=O)c1c(C(F)(F)F)cccc1C(F)(F)F. The topological polar surface area (TPSA) is 154 Å². The first-order valence-electron chi connectivity index (χ1n) is 17.1. The Morgan fingerprint density at radius 2 is 1.18 bits per heavy atom. The van der Waals surface area contributed by atoms with E-state index in [1.807, 2.05) is 0 Å². The van der Waals surface area contributed by atoms with Crippen LogP contribution in [0, 0.1) is 0 Å². The second-order valence-corrected chi connectivity index (χ2v) is 12.1. The number of rotatable bonds is 25. The number of unbranched alkanes of at least 4 members (excludes halogenated alkanes) is 10. The maximum atomic E-state index is 13.5. The summed E-state index contributed by atoms with van der Waals surface area (Å²) >= 11 is 0. The average molecular weight is 711 g/mol. The van der Waals surface area contributed by atoms with Crippen molar-refractivity contribution in [3.8, 4) is 0 Å². The zero-order valence-corrected chi connectivity index (χ0v) is 28.3. The van der Waals surface area contributed by atoms with E-state index >= 15 is 0 Å². The quantitative estimate of drug-likeness (QED) is 0.0507. The number of alkyl halides is 6. The summed E-state index contributed by atoms with van der Waals surface area (Å²) in [6.45, 7) is 1.54. The van der Waals surface area contributed by atoms with Gasteiger partial charge in [-0.1, -0.05) is 64.4 Å². The fourth-order valence-corrected chi connectivity index (χ4v) is 5.26. The van der Waals surface area contributed by atoms with Crippen molar-refractivity contribution in [2.75, 3.05) is 19.7 Å². The third-order valence-corrected chi connectivity index (χ3v) is 7.98. The van der Waals surface area contributed by atoms with Crippen LogP contribution in [-0.4, -0.2) is 55.3 Å². The third kappa shape index (κ3) is 17.3. The number of nitrogens with one attached hydrogen (secondary N) is 2. The van der Waals surface area contributed by atoms with Gasteiger partial charge in [0.1, 0.15) is 6.04 Å². The van der Waals surface area contributed by atoms with Gasteiger partial charge in [0.05, 0.1) is 22.7 Å². The smallest absolute Gasteiger partial charge is 0.417 e. The number of Topliss-reactive ketones (excluding diaryl/α,β-unsaturated/α-hetero) is 1. The molecule has 0 aromatic heterocycles. The maximum absolute atomic E-state index is 13.5. The van der Waals surface area contributed by atoms with E-state index in [2.05, 4.69) is 22.3 Å². The number of amides is 2. The molecule has 0 aliphatic carbocycles. The van der Waals surface area contributed by atoms with Crippen LogP contribution in [0.15, 0.2) is 18.2 Å². The highest BCUT2D eigenvalue weighted by atomic mass is 19.4. The van der Waals surface area contributed by atoms with Crippen LogP contribution < -0.4 is 22.1 Å². The Hall–Kier alpha value is -3.20. The number of nitrogens with two attached hydrogens (primary N) is 2. The molecule has 6 N–H and O–H groups in total. The summed E-state index contributed by atoms with van der Waals surface area (Å²) in [6.07, 6.45) is 1.09. The van der Waals surface area contributed by atoms with E-state index in [-0.39, 0.29) is 31.7 Å². The minimum atomic E-state index is -5.32. The molecular formula is C34H52F6N4O5. The van der Waals surface area contributed by atoms with Gasteiger partial charge in [0.15, 0.2) is 12.4 Å². The predicted molar refractivity (Wildman–Crippen MR) is 173 cm³/mol. The van der Waals surface area contributed by atoms with Crippen LogP contribution in [0.1, 0.15) is 131 Å². The Bertz CT molecular complexity index is 1130. The Morgan fingerprint density at radius 1 is 0.694 bits per heavy atom. The number of benzene rings is 1. The number of hydrogen-bond acceptors (Lipinski definition) is 7. The van der Waals surface area contributed by atoms with E-state index in [9.17, 15) is 45.5 Å². The summed E-state index contributed by atoms with van der Waals surface area (Å²) in [5.74, 6) is -4.02. The molecule has 1 aromatic carbocycles. The van der Waals surface area contributed by atoms with E-state index in [1.54, 1.807) is 0 Å². The zero-order chi connectivity index (χ0) is 36.9. The summed E-state index contributed by atoms with van der Waals surface area (Å²) in [6, 6.07) is -1.23. The minimum Gasteiger partial charge on any atom is -0.454 e. The van der Waals surface area contributed by atoms with Crippen molar-refractivity contribution in [2.24, 2.45) is 11.5 Å². The molecule has 1 aromatic rings. The molecule has 0 heterocycles. The van der Waals surface area contributed by atoms with Gasteiger partial charge in [-0.25, -0.2) is 4.79 Å². The van der Waals surface area contributed by atoms with Crippen molar-refractivity contribution in [2.45, 2.75) is 134 Å². The molecule has 280 valence electrons. The van der Waals surface area contributed by atoms with Crippen LogP contribution in [0.5, 0.6) is 0 Å². The van der Waals surface area contributed by atoms with E-state index in [0.717, 1.165) is 25.7 Å². The van der Waals surface area contributed by atoms with Crippen LogP contribution >= 0.6 is 0 Å². The van der Waals surface area contributed by atoms with Gasteiger partial charge in [-0.3, -0.25) is 14.4 Å². The average Bonchev–Trinajstić information content (AvgIpc) is 3.04. The number of carbonyl (C=O) groups is 4. The largest absolute Gasteiger partial charge is 0.454 e. The lowest BCUT2D eigenvalue weighted by Crippen LogP contribution is -2.52. The Kier molecular flexibility index (Phi) is 20.8. The van der Waals surface area contributed by atoms with Crippen molar-refractivity contribution < 1.29 is 50.3 Å².